The first-order valence-electron chi connectivity index (χ1n) is 6.24. The Morgan fingerprint density at radius 3 is 2.94 bits per heavy atom. The minimum atomic E-state index is 0.163. The number of benzene rings is 1. The maximum Gasteiger partial charge on any atom is 0.227 e. The van der Waals surface area contributed by atoms with Crippen LogP contribution in [0.15, 0.2) is 22.7 Å². The van der Waals surface area contributed by atoms with Crippen molar-refractivity contribution >= 4 is 21.8 Å². The molecule has 18 heavy (non-hydrogen) atoms. The van der Waals surface area contributed by atoms with Crippen LogP contribution in [0.25, 0.3) is 0 Å². The molecule has 0 saturated carbocycles. The summed E-state index contributed by atoms with van der Waals surface area (Å²) in [5, 5.41) is 9.09. The minimum absolute atomic E-state index is 0.163. The third kappa shape index (κ3) is 3.12. The first-order chi connectivity index (χ1) is 8.60. The number of carbonyl (C=O) groups is 1. The van der Waals surface area contributed by atoms with E-state index in [1.807, 2.05) is 30.0 Å². The highest BCUT2D eigenvalue weighted by Gasteiger charge is 2.25. The molecule has 1 atom stereocenters. The van der Waals surface area contributed by atoms with Crippen LogP contribution in [-0.4, -0.2) is 35.6 Å². The lowest BCUT2D eigenvalue weighted by Gasteiger charge is -2.17. The van der Waals surface area contributed by atoms with Crippen molar-refractivity contribution in [2.24, 2.45) is 5.92 Å². The highest BCUT2D eigenvalue weighted by atomic mass is 79.9. The van der Waals surface area contributed by atoms with Gasteiger partial charge in [0.1, 0.15) is 0 Å². The summed E-state index contributed by atoms with van der Waals surface area (Å²) < 4.78 is 1.04. The number of halogens is 1. The van der Waals surface area contributed by atoms with Crippen LogP contribution in [0.3, 0.4) is 0 Å². The molecule has 0 radical (unpaired) electrons. The molecule has 1 N–H and O–H groups in total. The third-order valence-corrected chi connectivity index (χ3v) is 4.04. The van der Waals surface area contributed by atoms with Gasteiger partial charge in [0.05, 0.1) is 6.42 Å². The summed E-state index contributed by atoms with van der Waals surface area (Å²) in [7, 11) is 0. The van der Waals surface area contributed by atoms with Crippen LogP contribution >= 0.6 is 15.9 Å². The number of nitrogens with zero attached hydrogens (tertiary/aromatic N) is 1. The molecule has 1 heterocycles. The molecule has 1 saturated heterocycles. The number of aliphatic hydroxyl groups excluding tert-OH is 1. The number of rotatable bonds is 3. The van der Waals surface area contributed by atoms with E-state index in [0.29, 0.717) is 13.0 Å². The molecule has 4 heteroatoms. The Kier molecular flexibility index (Phi) is 4.40. The maximum absolute atomic E-state index is 12.1. The zero-order valence-electron chi connectivity index (χ0n) is 10.5. The van der Waals surface area contributed by atoms with Gasteiger partial charge in [0.2, 0.25) is 5.91 Å². The summed E-state index contributed by atoms with van der Waals surface area (Å²) in [6.07, 6.45) is 1.37. The van der Waals surface area contributed by atoms with Crippen LogP contribution in [0.4, 0.5) is 0 Å². The van der Waals surface area contributed by atoms with E-state index in [1.54, 1.807) is 0 Å². The normalized spacial score (nSPS) is 19.3. The lowest BCUT2D eigenvalue weighted by Crippen LogP contribution is -2.30. The first-order valence-corrected chi connectivity index (χ1v) is 7.03. The van der Waals surface area contributed by atoms with Gasteiger partial charge in [0.25, 0.3) is 0 Å². The predicted molar refractivity (Wildman–Crippen MR) is 74.4 cm³/mol. The number of hydrogen-bond donors (Lipinski definition) is 1. The summed E-state index contributed by atoms with van der Waals surface area (Å²) in [6.45, 7) is 3.68. The molecule has 2 rings (SSSR count). The monoisotopic (exact) mass is 311 g/mol. The van der Waals surface area contributed by atoms with Crippen LogP contribution in [0.5, 0.6) is 0 Å². The lowest BCUT2D eigenvalue weighted by molar-refractivity contribution is -0.129. The van der Waals surface area contributed by atoms with Gasteiger partial charge >= 0.3 is 0 Å². The fourth-order valence-electron chi connectivity index (χ4n) is 2.34. The summed E-state index contributed by atoms with van der Waals surface area (Å²) in [5.74, 6) is 0.427. The largest absolute Gasteiger partial charge is 0.396 e. The fourth-order valence-corrected chi connectivity index (χ4v) is 2.82. The third-order valence-electron chi connectivity index (χ3n) is 3.54. The summed E-state index contributed by atoms with van der Waals surface area (Å²) >= 11 is 3.42. The fraction of sp³-hybridized carbons (Fsp3) is 0.500. The van der Waals surface area contributed by atoms with Gasteiger partial charge in [0.15, 0.2) is 0 Å². The van der Waals surface area contributed by atoms with Gasteiger partial charge in [-0.15, -0.1) is 0 Å². The Hall–Kier alpha value is -0.870. The molecule has 1 amide bonds. The molecule has 1 fully saturated rings. The Morgan fingerprint density at radius 2 is 2.33 bits per heavy atom. The van der Waals surface area contributed by atoms with Gasteiger partial charge in [-0.2, -0.15) is 0 Å². The Labute approximate surface area is 116 Å². The summed E-state index contributed by atoms with van der Waals surface area (Å²) in [6, 6.07) is 6.00. The van der Waals surface area contributed by atoms with E-state index in [4.69, 9.17) is 5.11 Å². The van der Waals surface area contributed by atoms with Crippen molar-refractivity contribution in [3.8, 4) is 0 Å². The molecule has 0 aliphatic carbocycles. The quantitative estimate of drug-likeness (QED) is 0.929. The second-order valence-corrected chi connectivity index (χ2v) is 5.84. The number of carbonyl (C=O) groups excluding carboxylic acids is 1. The van der Waals surface area contributed by atoms with E-state index >= 15 is 0 Å². The highest BCUT2D eigenvalue weighted by Crippen LogP contribution is 2.19. The van der Waals surface area contributed by atoms with Crippen LogP contribution in [-0.2, 0) is 11.2 Å². The van der Waals surface area contributed by atoms with Gasteiger partial charge in [-0.3, -0.25) is 4.79 Å². The topological polar surface area (TPSA) is 40.5 Å². The number of hydrogen-bond acceptors (Lipinski definition) is 2. The molecule has 3 nitrogen and oxygen atoms in total. The predicted octanol–water partition coefficient (Wildman–Crippen LogP) is 2.14. The first kappa shape index (κ1) is 13.6. The lowest BCUT2D eigenvalue weighted by atomic mass is 10.1. The second-order valence-electron chi connectivity index (χ2n) is 4.92. The smallest absolute Gasteiger partial charge is 0.227 e. The molecule has 1 unspecified atom stereocenters. The number of aliphatic hydroxyl groups is 1. The number of aryl methyl sites for hydroxylation is 1. The average Bonchev–Trinajstić information content (AvgIpc) is 2.81. The molecule has 1 aliphatic heterocycles. The van der Waals surface area contributed by atoms with Gasteiger partial charge in [0, 0.05) is 30.1 Å². The van der Waals surface area contributed by atoms with E-state index in [-0.39, 0.29) is 18.4 Å². The minimum Gasteiger partial charge on any atom is -0.396 e. The van der Waals surface area contributed by atoms with Crippen molar-refractivity contribution in [1.82, 2.24) is 4.90 Å². The van der Waals surface area contributed by atoms with Crippen LogP contribution in [0.1, 0.15) is 17.5 Å². The Morgan fingerprint density at radius 1 is 1.56 bits per heavy atom. The zero-order chi connectivity index (χ0) is 13.1. The van der Waals surface area contributed by atoms with Gasteiger partial charge in [-0.25, -0.2) is 0 Å². The van der Waals surface area contributed by atoms with Crippen molar-refractivity contribution in [2.75, 3.05) is 19.7 Å². The molecule has 1 aliphatic rings. The van der Waals surface area contributed by atoms with E-state index in [0.717, 1.165) is 28.6 Å². The van der Waals surface area contributed by atoms with E-state index in [1.165, 1.54) is 0 Å². The van der Waals surface area contributed by atoms with Crippen molar-refractivity contribution in [3.05, 3.63) is 33.8 Å². The maximum atomic E-state index is 12.1. The molecule has 0 spiro atoms. The SMILES string of the molecule is Cc1cc(Br)ccc1CC(=O)N1CCC(CO)C1. The number of amides is 1. The molecule has 1 aromatic rings. The molecule has 1 aromatic carbocycles. The Balaban J connectivity index is 1.99. The van der Waals surface area contributed by atoms with Crippen molar-refractivity contribution in [3.63, 3.8) is 0 Å². The van der Waals surface area contributed by atoms with Gasteiger partial charge < -0.3 is 10.0 Å². The van der Waals surface area contributed by atoms with E-state index in [9.17, 15) is 4.79 Å². The van der Waals surface area contributed by atoms with Crippen molar-refractivity contribution in [2.45, 2.75) is 19.8 Å². The van der Waals surface area contributed by atoms with Crippen molar-refractivity contribution in [1.29, 1.82) is 0 Å². The Bertz CT molecular complexity index is 447. The van der Waals surface area contributed by atoms with E-state index < -0.39 is 0 Å². The van der Waals surface area contributed by atoms with E-state index in [2.05, 4.69) is 15.9 Å². The molecule has 98 valence electrons. The van der Waals surface area contributed by atoms with Crippen LogP contribution < -0.4 is 0 Å². The number of likely N-dealkylation sites (tertiary alicyclic amines) is 1. The van der Waals surface area contributed by atoms with Gasteiger partial charge in [-0.1, -0.05) is 22.0 Å². The van der Waals surface area contributed by atoms with Crippen LogP contribution in [0, 0.1) is 12.8 Å². The standard InChI is InChI=1S/C14H18BrNO2/c1-10-6-13(15)3-2-12(10)7-14(18)16-5-4-11(8-16)9-17/h2-3,6,11,17H,4-5,7-9H2,1H3. The molecular formula is C14H18BrNO2. The van der Waals surface area contributed by atoms with Crippen molar-refractivity contribution < 1.29 is 9.90 Å². The van der Waals surface area contributed by atoms with Crippen LogP contribution in [0.2, 0.25) is 0 Å². The average molecular weight is 312 g/mol. The summed E-state index contributed by atoms with van der Waals surface area (Å²) in [4.78, 5) is 14.0. The molecule has 0 aromatic heterocycles. The second kappa shape index (κ2) is 5.85. The molecular weight excluding hydrogens is 294 g/mol. The van der Waals surface area contributed by atoms with Gasteiger partial charge in [-0.05, 0) is 36.6 Å². The highest BCUT2D eigenvalue weighted by molar-refractivity contribution is 9.10. The summed E-state index contributed by atoms with van der Waals surface area (Å²) in [5.41, 5.74) is 2.21. The molecule has 0 bridgehead atoms. The zero-order valence-corrected chi connectivity index (χ0v) is 12.1.